The molecule has 2 heterocycles. The summed E-state index contributed by atoms with van der Waals surface area (Å²) in [5.74, 6) is 0.947. The number of halogens is 3. The number of carbonyl (C=O) groups excluding carboxylic acids is 1. The monoisotopic (exact) mass is 501 g/mol. The number of alkyl halides is 3. The first-order chi connectivity index (χ1) is 17.8. The van der Waals surface area contributed by atoms with Crippen LogP contribution in [0.3, 0.4) is 0 Å². The van der Waals surface area contributed by atoms with Gasteiger partial charge in [-0.15, -0.1) is 0 Å². The molecule has 5 aromatic rings. The van der Waals surface area contributed by atoms with E-state index in [0.717, 1.165) is 17.7 Å². The molecule has 0 saturated heterocycles. The Morgan fingerprint density at radius 1 is 0.784 bits per heavy atom. The van der Waals surface area contributed by atoms with Crippen molar-refractivity contribution in [1.29, 1.82) is 0 Å². The molecule has 0 radical (unpaired) electrons. The number of aromatic nitrogens is 3. The van der Waals surface area contributed by atoms with Crippen molar-refractivity contribution in [3.63, 3.8) is 0 Å². The molecule has 0 aliphatic rings. The van der Waals surface area contributed by atoms with Gasteiger partial charge in [-0.3, -0.25) is 9.97 Å². The molecule has 37 heavy (non-hydrogen) atoms. The molecule has 5 rings (SSSR count). The van der Waals surface area contributed by atoms with Gasteiger partial charge in [0, 0.05) is 41.5 Å². The number of rotatable bonds is 5. The summed E-state index contributed by atoms with van der Waals surface area (Å²) in [6.45, 7) is 0. The lowest BCUT2D eigenvalue weighted by molar-refractivity contribution is -0.137. The Kier molecular flexibility index (Phi) is 6.38. The molecule has 0 bridgehead atoms. The van der Waals surface area contributed by atoms with Gasteiger partial charge in [-0.25, -0.2) is 9.78 Å². The first kappa shape index (κ1) is 23.7. The maximum Gasteiger partial charge on any atom is 0.416 e. The lowest BCUT2D eigenvalue weighted by Gasteiger charge is -2.12. The lowest BCUT2D eigenvalue weighted by Crippen LogP contribution is -2.19. The average molecular weight is 501 g/mol. The van der Waals surface area contributed by atoms with Gasteiger partial charge in [0.15, 0.2) is 0 Å². The fourth-order valence-electron chi connectivity index (χ4n) is 3.55. The van der Waals surface area contributed by atoms with Crippen molar-refractivity contribution in [1.82, 2.24) is 15.0 Å². The highest BCUT2D eigenvalue weighted by molar-refractivity contribution is 5.99. The van der Waals surface area contributed by atoms with Crippen molar-refractivity contribution >= 4 is 28.4 Å². The molecule has 0 atom stereocenters. The molecule has 0 aliphatic carbocycles. The minimum Gasteiger partial charge on any atom is -0.457 e. The zero-order chi connectivity index (χ0) is 25.8. The van der Waals surface area contributed by atoms with Crippen LogP contribution in [0.1, 0.15) is 5.56 Å². The first-order valence-corrected chi connectivity index (χ1v) is 11.0. The molecule has 7 nitrogen and oxygen atoms in total. The van der Waals surface area contributed by atoms with Gasteiger partial charge in [0.2, 0.25) is 0 Å². The molecule has 184 valence electrons. The van der Waals surface area contributed by atoms with Crippen molar-refractivity contribution in [2.75, 3.05) is 10.6 Å². The van der Waals surface area contributed by atoms with Crippen molar-refractivity contribution in [3.05, 3.63) is 103 Å². The average Bonchev–Trinajstić information content (AvgIpc) is 2.88. The summed E-state index contributed by atoms with van der Waals surface area (Å²) in [5.41, 5.74) is 2.40. The molecule has 2 N–H and O–H groups in total. The standard InChI is InChI=1S/C27H18F3N5O2/c28-27(29,30)18-5-1-6-19(12-18)33-26(36)34-20-7-2-8-21(13-20)37-22-9-10-23-24(14-22)35-25(16-32-23)17-4-3-11-31-15-17/h1-16H,(H2,33,34,36). The normalized spacial score (nSPS) is 11.2. The first-order valence-electron chi connectivity index (χ1n) is 11.0. The molecule has 0 saturated carbocycles. The fraction of sp³-hybridized carbons (Fsp3) is 0.0370. The summed E-state index contributed by atoms with van der Waals surface area (Å²) in [5, 5.41) is 4.99. The van der Waals surface area contributed by atoms with Crippen molar-refractivity contribution in [3.8, 4) is 22.8 Å². The second-order valence-electron chi connectivity index (χ2n) is 7.94. The number of nitrogens with zero attached hydrogens (tertiary/aromatic N) is 3. The Morgan fingerprint density at radius 3 is 2.30 bits per heavy atom. The zero-order valence-corrected chi connectivity index (χ0v) is 19.0. The number of anilines is 2. The van der Waals surface area contributed by atoms with Gasteiger partial charge in [0.05, 0.1) is 28.5 Å². The fourth-order valence-corrected chi connectivity index (χ4v) is 3.55. The number of urea groups is 1. The number of hydrogen-bond donors (Lipinski definition) is 2. The van der Waals surface area contributed by atoms with Crippen LogP contribution >= 0.6 is 0 Å². The molecule has 2 amide bonds. The molecular formula is C27H18F3N5O2. The SMILES string of the molecule is O=C(Nc1cccc(Oc2ccc3ncc(-c4cccnc4)nc3c2)c1)Nc1cccc(C(F)(F)F)c1. The Morgan fingerprint density at radius 2 is 1.54 bits per heavy atom. The third kappa shape index (κ3) is 5.81. The van der Waals surface area contributed by atoms with E-state index in [-0.39, 0.29) is 5.69 Å². The molecule has 0 aliphatic heterocycles. The second-order valence-corrected chi connectivity index (χ2v) is 7.94. The number of carbonyl (C=O) groups is 1. The van der Waals surface area contributed by atoms with Crippen LogP contribution in [-0.4, -0.2) is 21.0 Å². The van der Waals surface area contributed by atoms with Gasteiger partial charge >= 0.3 is 12.2 Å². The van der Waals surface area contributed by atoms with Crippen LogP contribution in [0.15, 0.2) is 97.5 Å². The van der Waals surface area contributed by atoms with Crippen LogP contribution in [0.4, 0.5) is 29.3 Å². The number of pyridine rings is 1. The third-order valence-electron chi connectivity index (χ3n) is 5.25. The molecule has 0 spiro atoms. The number of ether oxygens (including phenoxy) is 1. The molecule has 10 heteroatoms. The summed E-state index contributed by atoms with van der Waals surface area (Å²) < 4.78 is 44.7. The van der Waals surface area contributed by atoms with E-state index >= 15 is 0 Å². The Labute approximate surface area is 209 Å². The Balaban J connectivity index is 1.29. The van der Waals surface area contributed by atoms with Crippen molar-refractivity contribution in [2.24, 2.45) is 0 Å². The van der Waals surface area contributed by atoms with Crippen LogP contribution < -0.4 is 15.4 Å². The molecular weight excluding hydrogens is 483 g/mol. The quantitative estimate of drug-likeness (QED) is 0.267. The minimum atomic E-state index is -4.51. The van der Waals surface area contributed by atoms with Crippen molar-refractivity contribution in [2.45, 2.75) is 6.18 Å². The number of fused-ring (bicyclic) bond motifs is 1. The van der Waals surface area contributed by atoms with Crippen molar-refractivity contribution < 1.29 is 22.7 Å². The van der Waals surface area contributed by atoms with E-state index < -0.39 is 17.8 Å². The van der Waals surface area contributed by atoms with E-state index in [1.54, 1.807) is 61.1 Å². The molecule has 3 aromatic carbocycles. The number of amides is 2. The van der Waals surface area contributed by atoms with Crippen LogP contribution in [0.5, 0.6) is 11.5 Å². The summed E-state index contributed by atoms with van der Waals surface area (Å²) in [4.78, 5) is 25.5. The van der Waals surface area contributed by atoms with Crippen LogP contribution in [0.2, 0.25) is 0 Å². The molecule has 0 fully saturated rings. The van der Waals surface area contributed by atoms with E-state index in [1.807, 2.05) is 12.1 Å². The predicted octanol–water partition coefficient (Wildman–Crippen LogP) is 7.15. The second kappa shape index (κ2) is 9.94. The lowest BCUT2D eigenvalue weighted by atomic mass is 10.2. The highest BCUT2D eigenvalue weighted by atomic mass is 19.4. The van der Waals surface area contributed by atoms with Gasteiger partial charge < -0.3 is 15.4 Å². The largest absolute Gasteiger partial charge is 0.457 e. The van der Waals surface area contributed by atoms with Gasteiger partial charge in [-0.05, 0) is 54.6 Å². The smallest absolute Gasteiger partial charge is 0.416 e. The van der Waals surface area contributed by atoms with Crippen LogP contribution in [0, 0.1) is 0 Å². The maximum absolute atomic E-state index is 12.9. The van der Waals surface area contributed by atoms with E-state index in [1.165, 1.54) is 12.1 Å². The summed E-state index contributed by atoms with van der Waals surface area (Å²) in [7, 11) is 0. The third-order valence-corrected chi connectivity index (χ3v) is 5.25. The predicted molar refractivity (Wildman–Crippen MR) is 133 cm³/mol. The van der Waals surface area contributed by atoms with Gasteiger partial charge in [0.25, 0.3) is 0 Å². The number of hydrogen-bond acceptors (Lipinski definition) is 5. The Bertz CT molecular complexity index is 1580. The van der Waals surface area contributed by atoms with Gasteiger partial charge in [0.1, 0.15) is 11.5 Å². The topological polar surface area (TPSA) is 89.0 Å². The van der Waals surface area contributed by atoms with Gasteiger partial charge in [-0.1, -0.05) is 12.1 Å². The number of nitrogens with one attached hydrogen (secondary N) is 2. The molecule has 0 unspecified atom stereocenters. The zero-order valence-electron chi connectivity index (χ0n) is 19.0. The Hall–Kier alpha value is -4.99. The van der Waals surface area contributed by atoms with Gasteiger partial charge in [-0.2, -0.15) is 13.2 Å². The summed E-state index contributed by atoms with van der Waals surface area (Å²) in [6.07, 6.45) is 0.563. The minimum absolute atomic E-state index is 0.0163. The highest BCUT2D eigenvalue weighted by Crippen LogP contribution is 2.31. The number of benzene rings is 3. The van der Waals surface area contributed by atoms with Crippen LogP contribution in [-0.2, 0) is 6.18 Å². The maximum atomic E-state index is 12.9. The molecule has 2 aromatic heterocycles. The highest BCUT2D eigenvalue weighted by Gasteiger charge is 2.30. The summed E-state index contributed by atoms with van der Waals surface area (Å²) in [6, 6.07) is 19.3. The van der Waals surface area contributed by atoms with E-state index in [0.29, 0.717) is 33.9 Å². The van der Waals surface area contributed by atoms with Crippen LogP contribution in [0.25, 0.3) is 22.3 Å². The van der Waals surface area contributed by atoms with E-state index in [9.17, 15) is 18.0 Å². The van der Waals surface area contributed by atoms with E-state index in [4.69, 9.17) is 4.74 Å². The van der Waals surface area contributed by atoms with E-state index in [2.05, 4.69) is 25.6 Å². The summed E-state index contributed by atoms with van der Waals surface area (Å²) >= 11 is 0.